The van der Waals surface area contributed by atoms with Gasteiger partial charge in [-0.25, -0.2) is 8.78 Å². The summed E-state index contributed by atoms with van der Waals surface area (Å²) in [6.07, 6.45) is 2.96. The summed E-state index contributed by atoms with van der Waals surface area (Å²) in [6.45, 7) is 4.31. The Hall–Kier alpha value is -4.02. The van der Waals surface area contributed by atoms with E-state index in [4.69, 9.17) is 0 Å². The number of hydrogen-bond donors (Lipinski definition) is 0. The fourth-order valence-electron chi connectivity index (χ4n) is 3.37. The van der Waals surface area contributed by atoms with Gasteiger partial charge in [0, 0.05) is 12.1 Å². The predicted octanol–water partition coefficient (Wildman–Crippen LogP) is 2.75. The van der Waals surface area contributed by atoms with E-state index in [1.807, 2.05) is 13.8 Å². The van der Waals surface area contributed by atoms with Crippen LogP contribution in [0.4, 0.5) is 8.78 Å². The van der Waals surface area contributed by atoms with E-state index in [0.29, 0.717) is 23.6 Å². The number of nitrogens with zero attached hydrogens (tertiary/aromatic N) is 8. The topological polar surface area (TPSA) is 94.6 Å². The summed E-state index contributed by atoms with van der Waals surface area (Å²) in [5, 5.41) is 20.5. The molecule has 9 nitrogen and oxygen atoms in total. The Morgan fingerprint density at radius 1 is 1.06 bits per heavy atom. The fourth-order valence-corrected chi connectivity index (χ4v) is 3.37. The average Bonchev–Trinajstić information content (AvgIpc) is 3.47. The molecule has 1 atom stereocenters. The van der Waals surface area contributed by atoms with Crippen LogP contribution in [0.1, 0.15) is 24.2 Å². The average molecular weight is 438 g/mol. The van der Waals surface area contributed by atoms with Crippen molar-refractivity contribution in [2.24, 2.45) is 0 Å². The van der Waals surface area contributed by atoms with Crippen LogP contribution < -0.4 is 0 Å². The van der Waals surface area contributed by atoms with Crippen LogP contribution in [0, 0.1) is 11.6 Å². The van der Waals surface area contributed by atoms with Crippen molar-refractivity contribution in [1.82, 2.24) is 40.1 Å². The second-order valence-electron chi connectivity index (χ2n) is 7.09. The number of benzene rings is 2. The molecule has 1 amide bonds. The number of halogens is 2. The first-order valence-corrected chi connectivity index (χ1v) is 9.97. The third kappa shape index (κ3) is 4.36. The minimum Gasteiger partial charge on any atom is -0.334 e. The van der Waals surface area contributed by atoms with Gasteiger partial charge in [0.2, 0.25) is 5.82 Å². The molecule has 0 N–H and O–H groups in total. The first-order chi connectivity index (χ1) is 15.5. The summed E-state index contributed by atoms with van der Waals surface area (Å²) in [5.74, 6) is -0.904. The summed E-state index contributed by atoms with van der Waals surface area (Å²) in [7, 11) is 0. The van der Waals surface area contributed by atoms with E-state index in [1.165, 1.54) is 52.3 Å². The molecule has 0 spiro atoms. The van der Waals surface area contributed by atoms with Crippen molar-refractivity contribution in [3.8, 4) is 17.1 Å². The van der Waals surface area contributed by atoms with Crippen LogP contribution in [-0.4, -0.2) is 58.6 Å². The van der Waals surface area contributed by atoms with Gasteiger partial charge in [-0.3, -0.25) is 4.79 Å². The van der Waals surface area contributed by atoms with E-state index < -0.39 is 5.82 Å². The van der Waals surface area contributed by atoms with E-state index in [-0.39, 0.29) is 29.9 Å². The lowest BCUT2D eigenvalue weighted by Crippen LogP contribution is -2.41. The number of amides is 1. The minimum absolute atomic E-state index is 0.147. The largest absolute Gasteiger partial charge is 0.334 e. The Balaban J connectivity index is 1.55. The zero-order valence-electron chi connectivity index (χ0n) is 17.4. The highest BCUT2D eigenvalue weighted by atomic mass is 19.1. The zero-order chi connectivity index (χ0) is 22.7. The van der Waals surface area contributed by atoms with Crippen LogP contribution >= 0.6 is 0 Å². The number of carbonyl (C=O) groups is 1. The van der Waals surface area contributed by atoms with Crippen LogP contribution in [0.25, 0.3) is 17.1 Å². The molecule has 164 valence electrons. The lowest BCUT2D eigenvalue weighted by atomic mass is 10.1. The van der Waals surface area contributed by atoms with Crippen LogP contribution in [0.5, 0.6) is 0 Å². The van der Waals surface area contributed by atoms with Crippen molar-refractivity contribution >= 4 is 5.91 Å². The summed E-state index contributed by atoms with van der Waals surface area (Å²) >= 11 is 0. The van der Waals surface area contributed by atoms with Crippen molar-refractivity contribution < 1.29 is 13.6 Å². The lowest BCUT2D eigenvalue weighted by molar-refractivity contribution is 0.0679. The summed E-state index contributed by atoms with van der Waals surface area (Å²) in [4.78, 5) is 17.6. The molecule has 0 aliphatic rings. The Morgan fingerprint density at radius 2 is 1.75 bits per heavy atom. The molecule has 4 rings (SSSR count). The molecule has 0 saturated heterocycles. The Bertz CT molecular complexity index is 1210. The van der Waals surface area contributed by atoms with Crippen molar-refractivity contribution in [3.05, 3.63) is 72.1 Å². The predicted molar refractivity (Wildman–Crippen MR) is 111 cm³/mol. The van der Waals surface area contributed by atoms with E-state index in [1.54, 1.807) is 17.0 Å². The maximum atomic E-state index is 14.0. The van der Waals surface area contributed by atoms with Crippen LogP contribution in [0.2, 0.25) is 0 Å². The van der Waals surface area contributed by atoms with E-state index in [0.717, 1.165) is 0 Å². The van der Waals surface area contributed by atoms with E-state index >= 15 is 0 Å². The maximum absolute atomic E-state index is 14.0. The van der Waals surface area contributed by atoms with Crippen molar-refractivity contribution in [2.45, 2.75) is 26.4 Å². The van der Waals surface area contributed by atoms with Crippen molar-refractivity contribution in [1.29, 1.82) is 0 Å². The molecule has 0 unspecified atom stereocenters. The summed E-state index contributed by atoms with van der Waals surface area (Å²) in [6, 6.07) is 9.34. The summed E-state index contributed by atoms with van der Waals surface area (Å²) in [5.41, 5.74) is 1.16. The number of aromatic nitrogens is 7. The van der Waals surface area contributed by atoms with Gasteiger partial charge in [-0.2, -0.15) is 19.8 Å². The SMILES string of the molecule is CCN(C(=O)c1cc(F)ccc1-n1nccn1)[C@@H](C)Cn1nnc(-c2ccc(F)cc2)n1. The standard InChI is InChI=1S/C21H20F2N8O/c1-3-29(21(32)18-12-17(23)8-9-19(18)31-24-10-11-25-31)14(2)13-30-27-20(26-28-30)15-4-6-16(22)7-5-15/h4-12,14H,3,13H2,1-2H3/t14-/m0/s1. The second-order valence-corrected chi connectivity index (χ2v) is 7.09. The van der Waals surface area contributed by atoms with Crippen LogP contribution in [0.15, 0.2) is 54.9 Å². The first-order valence-electron chi connectivity index (χ1n) is 9.97. The molecule has 0 fully saturated rings. The second kappa shape index (κ2) is 9.00. The Morgan fingerprint density at radius 3 is 2.44 bits per heavy atom. The lowest BCUT2D eigenvalue weighted by Gasteiger charge is -2.28. The highest BCUT2D eigenvalue weighted by molar-refractivity contribution is 5.97. The monoisotopic (exact) mass is 438 g/mol. The smallest absolute Gasteiger partial charge is 0.256 e. The van der Waals surface area contributed by atoms with Gasteiger partial charge in [0.05, 0.1) is 36.2 Å². The minimum atomic E-state index is -0.533. The van der Waals surface area contributed by atoms with Gasteiger partial charge in [0.25, 0.3) is 5.91 Å². The molecule has 2 aromatic heterocycles. The van der Waals surface area contributed by atoms with E-state index in [9.17, 15) is 13.6 Å². The van der Waals surface area contributed by atoms with Gasteiger partial charge in [0.15, 0.2) is 0 Å². The number of likely N-dealkylation sites (N-methyl/N-ethyl adjacent to an activating group) is 1. The third-order valence-electron chi connectivity index (χ3n) is 4.94. The molecular weight excluding hydrogens is 418 g/mol. The molecule has 32 heavy (non-hydrogen) atoms. The van der Waals surface area contributed by atoms with Crippen molar-refractivity contribution in [3.63, 3.8) is 0 Å². The molecule has 0 bridgehead atoms. The highest BCUT2D eigenvalue weighted by Crippen LogP contribution is 2.19. The molecular formula is C21H20F2N8O. The van der Waals surface area contributed by atoms with Gasteiger partial charge >= 0.3 is 0 Å². The molecule has 0 saturated carbocycles. The maximum Gasteiger partial charge on any atom is 0.256 e. The van der Waals surface area contributed by atoms with Gasteiger partial charge < -0.3 is 4.90 Å². The van der Waals surface area contributed by atoms with Crippen molar-refractivity contribution in [2.75, 3.05) is 6.54 Å². The molecule has 0 aliphatic heterocycles. The fraction of sp³-hybridized carbons (Fsp3) is 0.238. The van der Waals surface area contributed by atoms with Gasteiger partial charge in [-0.05, 0) is 61.5 Å². The first kappa shape index (κ1) is 21.2. The number of carbonyl (C=O) groups excluding carboxylic acids is 1. The van der Waals surface area contributed by atoms with Gasteiger partial charge in [0.1, 0.15) is 11.6 Å². The number of tetrazole rings is 1. The Kier molecular flexibility index (Phi) is 5.97. The molecule has 0 radical (unpaired) electrons. The molecule has 2 heterocycles. The molecule has 0 aliphatic carbocycles. The number of rotatable bonds is 7. The normalized spacial score (nSPS) is 12.0. The third-order valence-corrected chi connectivity index (χ3v) is 4.94. The van der Waals surface area contributed by atoms with Gasteiger partial charge in [-0.1, -0.05) is 0 Å². The van der Waals surface area contributed by atoms with Crippen LogP contribution in [-0.2, 0) is 6.54 Å². The van der Waals surface area contributed by atoms with Crippen LogP contribution in [0.3, 0.4) is 0 Å². The Labute approximate surface area is 182 Å². The molecule has 2 aromatic carbocycles. The number of hydrogen-bond acceptors (Lipinski definition) is 6. The molecule has 4 aromatic rings. The summed E-state index contributed by atoms with van der Waals surface area (Å²) < 4.78 is 27.1. The zero-order valence-corrected chi connectivity index (χ0v) is 17.4. The van der Waals surface area contributed by atoms with Gasteiger partial charge in [-0.15, -0.1) is 10.2 Å². The molecule has 11 heteroatoms. The quantitative estimate of drug-likeness (QED) is 0.440. The highest BCUT2D eigenvalue weighted by Gasteiger charge is 2.25. The van der Waals surface area contributed by atoms with E-state index in [2.05, 4.69) is 25.6 Å².